The molecule has 0 bridgehead atoms. The Morgan fingerprint density at radius 2 is 2.08 bits per heavy atom. The quantitative estimate of drug-likeness (QED) is 0.712. The van der Waals surface area contributed by atoms with E-state index in [4.69, 9.17) is 0 Å². The minimum Gasteiger partial charge on any atom is -0.336 e. The number of rotatable bonds is 5. The molecule has 6 heteroatoms. The van der Waals surface area contributed by atoms with Gasteiger partial charge >= 0.3 is 0 Å². The van der Waals surface area contributed by atoms with Crippen molar-refractivity contribution in [1.82, 2.24) is 24.6 Å². The zero-order chi connectivity index (χ0) is 17.8. The molecule has 1 aliphatic rings. The first-order valence-corrected chi connectivity index (χ1v) is 8.97. The van der Waals surface area contributed by atoms with E-state index in [9.17, 15) is 4.79 Å². The first-order valence-electron chi connectivity index (χ1n) is 8.97. The molecule has 0 saturated carbocycles. The molecule has 0 aliphatic carbocycles. The van der Waals surface area contributed by atoms with Crippen molar-refractivity contribution in [3.63, 3.8) is 0 Å². The number of likely N-dealkylation sites (tertiary alicyclic amines) is 1. The van der Waals surface area contributed by atoms with Crippen LogP contribution in [0.1, 0.15) is 35.2 Å². The Labute approximate surface area is 152 Å². The molecule has 1 fully saturated rings. The van der Waals surface area contributed by atoms with E-state index in [1.54, 1.807) is 29.3 Å². The van der Waals surface area contributed by atoms with Gasteiger partial charge in [-0.3, -0.25) is 4.79 Å². The highest BCUT2D eigenvalue weighted by Crippen LogP contribution is 2.24. The third kappa shape index (κ3) is 3.49. The number of pyridine rings is 1. The molecule has 2 aromatic heterocycles. The molecule has 0 unspecified atom stereocenters. The average molecular weight is 347 g/mol. The second-order valence-electron chi connectivity index (χ2n) is 6.56. The third-order valence-corrected chi connectivity index (χ3v) is 4.89. The fourth-order valence-corrected chi connectivity index (χ4v) is 3.55. The van der Waals surface area contributed by atoms with Crippen molar-refractivity contribution in [3.05, 3.63) is 72.4 Å². The standard InChI is InChI=1S/C20H21N5O/c26-20(17-10-11-22-19(13-17)25-15-21-14-23-25)24-12-4-7-18(24)9-8-16-5-2-1-3-6-16/h1-3,5-6,10-11,13-15,18H,4,7-9,12H2/t18-/m1/s1. The maximum absolute atomic E-state index is 13.0. The van der Waals surface area contributed by atoms with Crippen LogP contribution >= 0.6 is 0 Å². The zero-order valence-electron chi connectivity index (χ0n) is 14.5. The number of aromatic nitrogens is 4. The number of hydrogen-bond donors (Lipinski definition) is 0. The van der Waals surface area contributed by atoms with Gasteiger partial charge in [0.2, 0.25) is 0 Å². The van der Waals surface area contributed by atoms with Crippen LogP contribution in [0.25, 0.3) is 5.82 Å². The topological polar surface area (TPSA) is 63.9 Å². The minimum absolute atomic E-state index is 0.0735. The van der Waals surface area contributed by atoms with Crippen LogP contribution in [-0.2, 0) is 6.42 Å². The Bertz CT molecular complexity index is 863. The first-order chi connectivity index (χ1) is 12.8. The van der Waals surface area contributed by atoms with Crippen molar-refractivity contribution >= 4 is 5.91 Å². The number of carbonyl (C=O) groups is 1. The fraction of sp³-hybridized carbons (Fsp3) is 0.300. The number of benzene rings is 1. The van der Waals surface area contributed by atoms with Crippen molar-refractivity contribution in [3.8, 4) is 5.82 Å². The van der Waals surface area contributed by atoms with E-state index in [0.717, 1.165) is 32.2 Å². The van der Waals surface area contributed by atoms with E-state index in [1.807, 2.05) is 11.0 Å². The van der Waals surface area contributed by atoms with Crippen LogP contribution in [0.4, 0.5) is 0 Å². The molecule has 3 aromatic rings. The maximum Gasteiger partial charge on any atom is 0.254 e. The summed E-state index contributed by atoms with van der Waals surface area (Å²) < 4.78 is 1.56. The van der Waals surface area contributed by atoms with Gasteiger partial charge in [0.05, 0.1) is 0 Å². The first kappa shape index (κ1) is 16.4. The van der Waals surface area contributed by atoms with Gasteiger partial charge in [-0.2, -0.15) is 5.10 Å². The highest BCUT2D eigenvalue weighted by atomic mass is 16.2. The minimum atomic E-state index is 0.0735. The van der Waals surface area contributed by atoms with E-state index in [-0.39, 0.29) is 5.91 Å². The van der Waals surface area contributed by atoms with Gasteiger partial charge in [0.1, 0.15) is 12.7 Å². The molecule has 0 radical (unpaired) electrons. The van der Waals surface area contributed by atoms with Gasteiger partial charge in [-0.25, -0.2) is 14.6 Å². The Morgan fingerprint density at radius 3 is 2.88 bits per heavy atom. The molecule has 3 heterocycles. The van der Waals surface area contributed by atoms with Crippen molar-refractivity contribution < 1.29 is 4.79 Å². The number of nitrogens with zero attached hydrogens (tertiary/aromatic N) is 5. The summed E-state index contributed by atoms with van der Waals surface area (Å²) in [7, 11) is 0. The Morgan fingerprint density at radius 1 is 1.19 bits per heavy atom. The second-order valence-corrected chi connectivity index (χ2v) is 6.56. The molecule has 0 spiro atoms. The molecular formula is C20H21N5O. The predicted molar refractivity (Wildman–Crippen MR) is 98.0 cm³/mol. The van der Waals surface area contributed by atoms with Crippen LogP contribution in [0.3, 0.4) is 0 Å². The Hall–Kier alpha value is -3.02. The van der Waals surface area contributed by atoms with E-state index >= 15 is 0 Å². The van der Waals surface area contributed by atoms with Gasteiger partial charge in [0.15, 0.2) is 5.82 Å². The van der Waals surface area contributed by atoms with E-state index in [1.165, 1.54) is 11.9 Å². The summed E-state index contributed by atoms with van der Waals surface area (Å²) in [5, 5.41) is 4.08. The van der Waals surface area contributed by atoms with Crippen LogP contribution in [-0.4, -0.2) is 43.1 Å². The summed E-state index contributed by atoms with van der Waals surface area (Å²) in [6.45, 7) is 0.819. The summed E-state index contributed by atoms with van der Waals surface area (Å²) >= 11 is 0. The van der Waals surface area contributed by atoms with Crippen LogP contribution in [0.5, 0.6) is 0 Å². The number of hydrogen-bond acceptors (Lipinski definition) is 4. The van der Waals surface area contributed by atoms with Crippen molar-refractivity contribution in [2.45, 2.75) is 31.7 Å². The van der Waals surface area contributed by atoms with Crippen LogP contribution < -0.4 is 0 Å². The monoisotopic (exact) mass is 347 g/mol. The lowest BCUT2D eigenvalue weighted by Gasteiger charge is -2.25. The summed E-state index contributed by atoms with van der Waals surface area (Å²) in [6, 6.07) is 14.3. The second kappa shape index (κ2) is 7.47. The molecule has 0 N–H and O–H groups in total. The summed E-state index contributed by atoms with van der Waals surface area (Å²) in [5.74, 6) is 0.678. The number of amides is 1. The highest BCUT2D eigenvalue weighted by Gasteiger charge is 2.29. The van der Waals surface area contributed by atoms with Gasteiger partial charge in [-0.15, -0.1) is 0 Å². The van der Waals surface area contributed by atoms with Gasteiger partial charge in [0.25, 0.3) is 5.91 Å². The number of aryl methyl sites for hydroxylation is 1. The van der Waals surface area contributed by atoms with Crippen molar-refractivity contribution in [2.24, 2.45) is 0 Å². The van der Waals surface area contributed by atoms with E-state index in [0.29, 0.717) is 17.4 Å². The SMILES string of the molecule is O=C(c1ccnc(-n2cncn2)c1)N1CCC[C@@H]1CCc1ccccc1. The molecule has 6 nitrogen and oxygen atoms in total. The lowest BCUT2D eigenvalue weighted by atomic mass is 10.0. The highest BCUT2D eigenvalue weighted by molar-refractivity contribution is 5.94. The third-order valence-electron chi connectivity index (χ3n) is 4.89. The van der Waals surface area contributed by atoms with Crippen molar-refractivity contribution in [1.29, 1.82) is 0 Å². The molecular weight excluding hydrogens is 326 g/mol. The lowest BCUT2D eigenvalue weighted by Crippen LogP contribution is -2.35. The molecule has 1 amide bonds. The molecule has 132 valence electrons. The van der Waals surface area contributed by atoms with Gasteiger partial charge in [-0.05, 0) is 43.4 Å². The Balaban J connectivity index is 1.47. The fourth-order valence-electron chi connectivity index (χ4n) is 3.55. The van der Waals surface area contributed by atoms with Gasteiger partial charge < -0.3 is 4.90 Å². The molecule has 1 saturated heterocycles. The predicted octanol–water partition coefficient (Wildman–Crippen LogP) is 2.90. The zero-order valence-corrected chi connectivity index (χ0v) is 14.5. The maximum atomic E-state index is 13.0. The van der Waals surface area contributed by atoms with E-state index in [2.05, 4.69) is 39.3 Å². The van der Waals surface area contributed by atoms with Crippen molar-refractivity contribution in [2.75, 3.05) is 6.54 Å². The largest absolute Gasteiger partial charge is 0.336 e. The summed E-state index contributed by atoms with van der Waals surface area (Å²) in [5.41, 5.74) is 1.97. The lowest BCUT2D eigenvalue weighted by molar-refractivity contribution is 0.0730. The molecule has 4 rings (SSSR count). The average Bonchev–Trinajstić information content (AvgIpc) is 3.39. The summed E-state index contributed by atoms with van der Waals surface area (Å²) in [4.78, 5) is 23.3. The molecule has 1 aromatic carbocycles. The number of carbonyl (C=O) groups excluding carboxylic acids is 1. The smallest absolute Gasteiger partial charge is 0.254 e. The van der Waals surface area contributed by atoms with Crippen LogP contribution in [0.15, 0.2) is 61.3 Å². The molecule has 26 heavy (non-hydrogen) atoms. The molecule has 1 aliphatic heterocycles. The van der Waals surface area contributed by atoms with Gasteiger partial charge in [-0.1, -0.05) is 30.3 Å². The van der Waals surface area contributed by atoms with Gasteiger partial charge in [0, 0.05) is 24.3 Å². The van der Waals surface area contributed by atoms with E-state index < -0.39 is 0 Å². The normalized spacial score (nSPS) is 16.8. The van der Waals surface area contributed by atoms with Crippen LogP contribution in [0.2, 0.25) is 0 Å². The van der Waals surface area contributed by atoms with Crippen LogP contribution in [0, 0.1) is 0 Å². The summed E-state index contributed by atoms with van der Waals surface area (Å²) in [6.07, 6.45) is 8.81. The molecule has 1 atom stereocenters. The Kier molecular flexibility index (Phi) is 4.73.